The molecule has 2 heterocycles. The minimum Gasteiger partial charge on any atom is -0.374 e. The Morgan fingerprint density at radius 1 is 1.47 bits per heavy atom. The summed E-state index contributed by atoms with van der Waals surface area (Å²) >= 11 is 0. The first-order valence-electron chi connectivity index (χ1n) is 6.47. The molecule has 0 spiro atoms. The lowest BCUT2D eigenvalue weighted by molar-refractivity contribution is 0.126. The highest BCUT2D eigenvalue weighted by atomic mass is 16.5. The topological polar surface area (TPSA) is 60.2 Å². The molecule has 96 valence electrons. The lowest BCUT2D eigenvalue weighted by atomic mass is 9.90. The maximum Gasteiger partial charge on any atom is 0.243 e. The molecule has 0 bridgehead atoms. The van der Waals surface area contributed by atoms with Gasteiger partial charge in [0.05, 0.1) is 6.04 Å². The van der Waals surface area contributed by atoms with Crippen LogP contribution in [0.5, 0.6) is 0 Å². The van der Waals surface area contributed by atoms with E-state index < -0.39 is 0 Å². The van der Waals surface area contributed by atoms with Crippen molar-refractivity contribution in [3.63, 3.8) is 0 Å². The van der Waals surface area contributed by atoms with Gasteiger partial charge >= 0.3 is 0 Å². The molecule has 17 heavy (non-hydrogen) atoms. The SMILES string of the molecule is CCOCc1noc(C2CC(CC)CCN2)n1. The molecule has 1 aromatic heterocycles. The van der Waals surface area contributed by atoms with Crippen LogP contribution in [-0.4, -0.2) is 23.3 Å². The van der Waals surface area contributed by atoms with Gasteiger partial charge in [-0.3, -0.25) is 0 Å². The van der Waals surface area contributed by atoms with Crippen LogP contribution in [0.3, 0.4) is 0 Å². The van der Waals surface area contributed by atoms with Crippen molar-refractivity contribution in [3.8, 4) is 0 Å². The smallest absolute Gasteiger partial charge is 0.243 e. The summed E-state index contributed by atoms with van der Waals surface area (Å²) in [6.45, 7) is 6.33. The maximum absolute atomic E-state index is 5.29. The molecule has 0 aliphatic carbocycles. The molecule has 5 nitrogen and oxygen atoms in total. The molecule has 1 N–H and O–H groups in total. The molecule has 2 rings (SSSR count). The van der Waals surface area contributed by atoms with E-state index >= 15 is 0 Å². The zero-order valence-corrected chi connectivity index (χ0v) is 10.6. The van der Waals surface area contributed by atoms with Gasteiger partial charge in [0.1, 0.15) is 6.61 Å². The third-order valence-electron chi connectivity index (χ3n) is 3.31. The Bertz CT molecular complexity index is 340. The van der Waals surface area contributed by atoms with E-state index in [1.165, 1.54) is 12.8 Å². The van der Waals surface area contributed by atoms with E-state index in [0.717, 1.165) is 18.9 Å². The van der Waals surface area contributed by atoms with Gasteiger partial charge in [0.25, 0.3) is 0 Å². The zero-order valence-electron chi connectivity index (χ0n) is 10.6. The van der Waals surface area contributed by atoms with Crippen molar-refractivity contribution < 1.29 is 9.26 Å². The van der Waals surface area contributed by atoms with Crippen molar-refractivity contribution in [3.05, 3.63) is 11.7 Å². The largest absolute Gasteiger partial charge is 0.374 e. The number of rotatable bonds is 5. The van der Waals surface area contributed by atoms with Crippen LogP contribution >= 0.6 is 0 Å². The molecule has 0 saturated carbocycles. The number of hydrogen-bond donors (Lipinski definition) is 1. The predicted molar refractivity (Wildman–Crippen MR) is 63.4 cm³/mol. The molecule has 1 saturated heterocycles. The summed E-state index contributed by atoms with van der Waals surface area (Å²) in [6.07, 6.45) is 3.55. The van der Waals surface area contributed by atoms with Crippen molar-refractivity contribution in [2.75, 3.05) is 13.2 Å². The van der Waals surface area contributed by atoms with Gasteiger partial charge in [0, 0.05) is 6.61 Å². The van der Waals surface area contributed by atoms with Crippen LogP contribution in [0.1, 0.15) is 50.9 Å². The molecule has 1 aliphatic heterocycles. The van der Waals surface area contributed by atoms with E-state index in [4.69, 9.17) is 9.26 Å². The van der Waals surface area contributed by atoms with Crippen LogP contribution in [-0.2, 0) is 11.3 Å². The highest BCUT2D eigenvalue weighted by Crippen LogP contribution is 2.27. The summed E-state index contributed by atoms with van der Waals surface area (Å²) in [6, 6.07) is 0.219. The average molecular weight is 239 g/mol. The first-order chi connectivity index (χ1) is 8.33. The summed E-state index contributed by atoms with van der Waals surface area (Å²) in [7, 11) is 0. The second-order valence-electron chi connectivity index (χ2n) is 4.49. The number of hydrogen-bond acceptors (Lipinski definition) is 5. The fraction of sp³-hybridized carbons (Fsp3) is 0.833. The fourth-order valence-electron chi connectivity index (χ4n) is 2.22. The van der Waals surface area contributed by atoms with Crippen molar-refractivity contribution in [2.24, 2.45) is 5.92 Å². The van der Waals surface area contributed by atoms with Crippen molar-refractivity contribution in [1.82, 2.24) is 15.5 Å². The third kappa shape index (κ3) is 3.26. The van der Waals surface area contributed by atoms with Crippen LogP contribution in [0.2, 0.25) is 0 Å². The van der Waals surface area contributed by atoms with Crippen molar-refractivity contribution in [2.45, 2.75) is 45.8 Å². The Morgan fingerprint density at radius 3 is 3.12 bits per heavy atom. The van der Waals surface area contributed by atoms with E-state index in [0.29, 0.717) is 24.9 Å². The number of nitrogens with zero attached hydrogens (tertiary/aromatic N) is 2. The second kappa shape index (κ2) is 6.12. The molecule has 2 unspecified atom stereocenters. The number of piperidine rings is 1. The molecule has 0 aromatic carbocycles. The molecule has 1 aliphatic rings. The maximum atomic E-state index is 5.29. The standard InChI is InChI=1S/C12H21N3O2/c1-3-9-5-6-13-10(7-9)12-14-11(15-17-12)8-16-4-2/h9-10,13H,3-8H2,1-2H3. The lowest BCUT2D eigenvalue weighted by Gasteiger charge is -2.27. The first kappa shape index (κ1) is 12.5. The lowest BCUT2D eigenvalue weighted by Crippen LogP contribution is -2.31. The molecule has 1 aromatic rings. The van der Waals surface area contributed by atoms with Crippen LogP contribution < -0.4 is 5.32 Å². The summed E-state index contributed by atoms with van der Waals surface area (Å²) in [4.78, 5) is 4.37. The predicted octanol–water partition coefficient (Wildman–Crippen LogP) is 2.06. The average Bonchev–Trinajstić information content (AvgIpc) is 2.85. The van der Waals surface area contributed by atoms with Gasteiger partial charge in [-0.1, -0.05) is 18.5 Å². The first-order valence-corrected chi connectivity index (χ1v) is 6.47. The van der Waals surface area contributed by atoms with E-state index in [1.54, 1.807) is 0 Å². The van der Waals surface area contributed by atoms with Gasteiger partial charge in [-0.15, -0.1) is 0 Å². The number of aromatic nitrogens is 2. The Hall–Kier alpha value is -0.940. The highest BCUT2D eigenvalue weighted by Gasteiger charge is 2.25. The Morgan fingerprint density at radius 2 is 2.35 bits per heavy atom. The third-order valence-corrected chi connectivity index (χ3v) is 3.31. The van der Waals surface area contributed by atoms with Gasteiger partial charge < -0.3 is 14.6 Å². The van der Waals surface area contributed by atoms with Gasteiger partial charge in [0.2, 0.25) is 5.89 Å². The van der Waals surface area contributed by atoms with E-state index in [9.17, 15) is 0 Å². The van der Waals surface area contributed by atoms with Crippen LogP contribution in [0.25, 0.3) is 0 Å². The quantitative estimate of drug-likeness (QED) is 0.852. The van der Waals surface area contributed by atoms with Crippen LogP contribution in [0.15, 0.2) is 4.52 Å². The minimum absolute atomic E-state index is 0.219. The normalized spacial score (nSPS) is 25.1. The Labute approximate surface area is 102 Å². The summed E-state index contributed by atoms with van der Waals surface area (Å²) in [5.74, 6) is 2.11. The number of ether oxygens (including phenoxy) is 1. The molecule has 2 atom stereocenters. The van der Waals surface area contributed by atoms with E-state index in [1.807, 2.05) is 6.92 Å². The summed E-state index contributed by atoms with van der Waals surface area (Å²) < 4.78 is 10.5. The minimum atomic E-state index is 0.219. The van der Waals surface area contributed by atoms with E-state index in [2.05, 4.69) is 22.4 Å². The van der Waals surface area contributed by atoms with Gasteiger partial charge in [-0.2, -0.15) is 4.98 Å². The molecule has 0 radical (unpaired) electrons. The van der Waals surface area contributed by atoms with Crippen LogP contribution in [0, 0.1) is 5.92 Å². The Kier molecular flexibility index (Phi) is 4.50. The monoisotopic (exact) mass is 239 g/mol. The fourth-order valence-corrected chi connectivity index (χ4v) is 2.22. The van der Waals surface area contributed by atoms with E-state index in [-0.39, 0.29) is 6.04 Å². The van der Waals surface area contributed by atoms with Crippen molar-refractivity contribution in [1.29, 1.82) is 0 Å². The summed E-state index contributed by atoms with van der Waals surface area (Å²) in [5.41, 5.74) is 0. The molecule has 1 fully saturated rings. The Balaban J connectivity index is 1.94. The highest BCUT2D eigenvalue weighted by molar-refractivity contribution is 4.95. The summed E-state index contributed by atoms with van der Waals surface area (Å²) in [5, 5.41) is 7.36. The zero-order chi connectivity index (χ0) is 12.1. The molecular formula is C12H21N3O2. The second-order valence-corrected chi connectivity index (χ2v) is 4.49. The van der Waals surface area contributed by atoms with Gasteiger partial charge in [-0.05, 0) is 32.2 Å². The molecule has 0 amide bonds. The molecular weight excluding hydrogens is 218 g/mol. The van der Waals surface area contributed by atoms with Gasteiger partial charge in [0.15, 0.2) is 5.82 Å². The van der Waals surface area contributed by atoms with Crippen molar-refractivity contribution >= 4 is 0 Å². The van der Waals surface area contributed by atoms with Crippen LogP contribution in [0.4, 0.5) is 0 Å². The van der Waals surface area contributed by atoms with Gasteiger partial charge in [-0.25, -0.2) is 0 Å². The molecule has 5 heteroatoms. The number of nitrogens with one attached hydrogen (secondary N) is 1.